The van der Waals surface area contributed by atoms with Crippen LogP contribution in [-0.4, -0.2) is 30.4 Å². The van der Waals surface area contributed by atoms with Gasteiger partial charge < -0.3 is 10.7 Å². The molecule has 0 atom stereocenters. The molecule has 0 saturated heterocycles. The number of imidazole rings is 1. The molecule has 0 aliphatic carbocycles. The van der Waals surface area contributed by atoms with E-state index in [-0.39, 0.29) is 5.75 Å². The molecule has 0 spiro atoms. The highest BCUT2D eigenvalue weighted by Crippen LogP contribution is 1.99. The molecule has 3 N–H and O–H groups in total. The molecule has 1 heterocycles. The van der Waals surface area contributed by atoms with Crippen molar-refractivity contribution < 1.29 is 8.42 Å². The number of anilines is 1. The zero-order valence-corrected chi connectivity index (χ0v) is 7.56. The molecule has 0 unspecified atom stereocenters. The zero-order chi connectivity index (χ0) is 9.19. The molecular weight excluding hydrogens is 178 g/mol. The van der Waals surface area contributed by atoms with Gasteiger partial charge in [-0.15, -0.1) is 0 Å². The van der Waals surface area contributed by atoms with Crippen molar-refractivity contribution in [3.8, 4) is 0 Å². The van der Waals surface area contributed by atoms with Gasteiger partial charge in [0.2, 0.25) is 0 Å². The Morgan fingerprint density at radius 2 is 2.33 bits per heavy atom. The van der Waals surface area contributed by atoms with Crippen molar-refractivity contribution in [2.75, 3.05) is 17.7 Å². The summed E-state index contributed by atoms with van der Waals surface area (Å²) in [5.41, 5.74) is 5.35. The van der Waals surface area contributed by atoms with E-state index < -0.39 is 9.84 Å². The van der Waals surface area contributed by atoms with Crippen molar-refractivity contribution >= 4 is 15.7 Å². The standard InChI is InChI=1S/C6H11N3O2S/c1-12(10,11)3-2-6-8-4-5(7)9-6/h4H,2-3,7H2,1H3,(H,8,9). The second-order valence-corrected chi connectivity index (χ2v) is 4.92. The first-order chi connectivity index (χ1) is 5.47. The third kappa shape index (κ3) is 2.91. The van der Waals surface area contributed by atoms with Gasteiger partial charge in [0.15, 0.2) is 0 Å². The number of hydrogen-bond acceptors (Lipinski definition) is 4. The number of H-pyrrole nitrogens is 1. The lowest BCUT2D eigenvalue weighted by Gasteiger charge is -1.94. The Hall–Kier alpha value is -1.04. The largest absolute Gasteiger partial charge is 0.384 e. The van der Waals surface area contributed by atoms with Crippen molar-refractivity contribution in [3.05, 3.63) is 12.0 Å². The molecule has 1 aromatic rings. The number of nitrogens with two attached hydrogens (primary N) is 1. The molecule has 68 valence electrons. The molecule has 0 amide bonds. The molecule has 0 aromatic carbocycles. The van der Waals surface area contributed by atoms with Crippen molar-refractivity contribution in [1.82, 2.24) is 9.97 Å². The van der Waals surface area contributed by atoms with E-state index in [4.69, 9.17) is 5.73 Å². The summed E-state index contributed by atoms with van der Waals surface area (Å²) >= 11 is 0. The van der Waals surface area contributed by atoms with Crippen LogP contribution in [0.1, 0.15) is 5.82 Å². The van der Waals surface area contributed by atoms with Gasteiger partial charge in [-0.05, 0) is 0 Å². The van der Waals surface area contributed by atoms with Gasteiger partial charge >= 0.3 is 0 Å². The predicted octanol–water partition coefficient (Wildman–Crippen LogP) is -0.421. The average molecular weight is 189 g/mol. The summed E-state index contributed by atoms with van der Waals surface area (Å²) in [6, 6.07) is 0. The molecule has 5 nitrogen and oxygen atoms in total. The number of hydrogen-bond donors (Lipinski definition) is 2. The number of nitrogens with zero attached hydrogens (tertiary/aromatic N) is 1. The molecular formula is C6H11N3O2S. The molecule has 0 fully saturated rings. The highest BCUT2D eigenvalue weighted by atomic mass is 32.2. The van der Waals surface area contributed by atoms with Crippen LogP contribution in [0.3, 0.4) is 0 Å². The van der Waals surface area contributed by atoms with E-state index >= 15 is 0 Å². The fourth-order valence-corrected chi connectivity index (χ4v) is 1.35. The maximum Gasteiger partial charge on any atom is 0.147 e. The summed E-state index contributed by atoms with van der Waals surface area (Å²) < 4.78 is 21.5. The van der Waals surface area contributed by atoms with E-state index in [0.717, 1.165) is 0 Å². The van der Waals surface area contributed by atoms with Gasteiger partial charge in [-0.2, -0.15) is 0 Å². The van der Waals surface area contributed by atoms with Gasteiger partial charge in [-0.3, -0.25) is 0 Å². The first-order valence-corrected chi connectivity index (χ1v) is 5.50. The average Bonchev–Trinajstić information content (AvgIpc) is 2.30. The van der Waals surface area contributed by atoms with Crippen LogP contribution in [0.4, 0.5) is 5.82 Å². The monoisotopic (exact) mass is 189 g/mol. The second kappa shape index (κ2) is 3.14. The number of rotatable bonds is 3. The predicted molar refractivity (Wildman–Crippen MR) is 46.4 cm³/mol. The highest BCUT2D eigenvalue weighted by Gasteiger charge is 2.04. The van der Waals surface area contributed by atoms with E-state index in [9.17, 15) is 8.42 Å². The molecule has 1 aromatic heterocycles. The molecule has 6 heteroatoms. The van der Waals surface area contributed by atoms with Gasteiger partial charge in [0.1, 0.15) is 21.5 Å². The van der Waals surface area contributed by atoms with E-state index in [1.54, 1.807) is 0 Å². The third-order valence-corrected chi connectivity index (χ3v) is 2.30. The number of nitrogens with one attached hydrogen (secondary N) is 1. The summed E-state index contributed by atoms with van der Waals surface area (Å²) in [6.07, 6.45) is 3.05. The minimum Gasteiger partial charge on any atom is -0.384 e. The first-order valence-electron chi connectivity index (χ1n) is 3.44. The third-order valence-electron chi connectivity index (χ3n) is 1.36. The van der Waals surface area contributed by atoms with Crippen molar-refractivity contribution in [2.24, 2.45) is 0 Å². The van der Waals surface area contributed by atoms with Crippen molar-refractivity contribution in [2.45, 2.75) is 6.42 Å². The summed E-state index contributed by atoms with van der Waals surface area (Å²) in [6.45, 7) is 0. The Morgan fingerprint density at radius 3 is 2.75 bits per heavy atom. The van der Waals surface area contributed by atoms with Gasteiger partial charge in [0.25, 0.3) is 0 Å². The molecule has 0 aliphatic heterocycles. The Kier molecular flexibility index (Phi) is 2.37. The van der Waals surface area contributed by atoms with Gasteiger partial charge in [0, 0.05) is 12.7 Å². The molecule has 0 saturated carbocycles. The van der Waals surface area contributed by atoms with Crippen molar-refractivity contribution in [3.63, 3.8) is 0 Å². The maximum atomic E-state index is 10.7. The first kappa shape index (κ1) is 9.05. The van der Waals surface area contributed by atoms with Crippen LogP contribution < -0.4 is 5.73 Å². The SMILES string of the molecule is CS(=O)(=O)CCc1ncc(N)[nH]1. The summed E-state index contributed by atoms with van der Waals surface area (Å²) in [7, 11) is -2.91. The number of aromatic amines is 1. The lowest BCUT2D eigenvalue weighted by molar-refractivity contribution is 0.600. The number of aromatic nitrogens is 2. The topological polar surface area (TPSA) is 88.8 Å². The minimum absolute atomic E-state index is 0.0972. The van der Waals surface area contributed by atoms with Gasteiger partial charge in [-0.25, -0.2) is 13.4 Å². The Morgan fingerprint density at radius 1 is 1.67 bits per heavy atom. The summed E-state index contributed by atoms with van der Waals surface area (Å²) in [5.74, 6) is 1.16. The lowest BCUT2D eigenvalue weighted by Crippen LogP contribution is -2.06. The molecule has 0 bridgehead atoms. The fraction of sp³-hybridized carbons (Fsp3) is 0.500. The number of sulfone groups is 1. The summed E-state index contributed by atoms with van der Waals surface area (Å²) in [5, 5.41) is 0. The maximum absolute atomic E-state index is 10.7. The fourth-order valence-electron chi connectivity index (χ4n) is 0.788. The van der Waals surface area contributed by atoms with Gasteiger partial charge in [-0.1, -0.05) is 0 Å². The lowest BCUT2D eigenvalue weighted by atomic mass is 10.5. The molecule has 12 heavy (non-hydrogen) atoms. The molecule has 1 rings (SSSR count). The molecule has 0 aliphatic rings. The zero-order valence-electron chi connectivity index (χ0n) is 6.74. The van der Waals surface area contributed by atoms with E-state index in [1.807, 2.05) is 0 Å². The van der Waals surface area contributed by atoms with E-state index in [2.05, 4.69) is 9.97 Å². The van der Waals surface area contributed by atoms with Gasteiger partial charge in [0.05, 0.1) is 11.9 Å². The van der Waals surface area contributed by atoms with Crippen LogP contribution in [0, 0.1) is 0 Å². The van der Waals surface area contributed by atoms with Crippen LogP contribution in [0.2, 0.25) is 0 Å². The number of aryl methyl sites for hydroxylation is 1. The van der Waals surface area contributed by atoms with E-state index in [0.29, 0.717) is 18.1 Å². The van der Waals surface area contributed by atoms with Crippen molar-refractivity contribution in [1.29, 1.82) is 0 Å². The van der Waals surface area contributed by atoms with Crippen LogP contribution in [-0.2, 0) is 16.3 Å². The minimum atomic E-state index is -2.91. The second-order valence-electron chi connectivity index (χ2n) is 2.67. The summed E-state index contributed by atoms with van der Waals surface area (Å²) in [4.78, 5) is 6.62. The quantitative estimate of drug-likeness (QED) is 0.675. The number of nitrogen functional groups attached to an aromatic ring is 1. The van der Waals surface area contributed by atoms with Crippen LogP contribution in [0.15, 0.2) is 6.20 Å². The van der Waals surface area contributed by atoms with Crippen LogP contribution in [0.5, 0.6) is 0 Å². The highest BCUT2D eigenvalue weighted by molar-refractivity contribution is 7.90. The van der Waals surface area contributed by atoms with E-state index in [1.165, 1.54) is 12.5 Å². The van der Waals surface area contributed by atoms with Crippen LogP contribution >= 0.6 is 0 Å². The Labute approximate surface area is 70.9 Å². The molecule has 0 radical (unpaired) electrons. The Bertz CT molecular complexity index is 355. The normalized spacial score (nSPS) is 11.8. The smallest absolute Gasteiger partial charge is 0.147 e. The van der Waals surface area contributed by atoms with Crippen LogP contribution in [0.25, 0.3) is 0 Å². The Balaban J connectivity index is 2.55.